The summed E-state index contributed by atoms with van der Waals surface area (Å²) in [4.78, 5) is 0. The molecule has 1 aliphatic heterocycles. The van der Waals surface area contributed by atoms with Crippen molar-refractivity contribution in [3.8, 4) is 5.75 Å². The topological polar surface area (TPSA) is 21.3 Å². The van der Waals surface area contributed by atoms with Crippen molar-refractivity contribution in [2.45, 2.75) is 20.0 Å². The fraction of sp³-hybridized carbons (Fsp3) is 0.250. The average molecular weight is 318 g/mol. The summed E-state index contributed by atoms with van der Waals surface area (Å²) in [6, 6.07) is 12.5. The van der Waals surface area contributed by atoms with Crippen LogP contribution in [0.4, 0.5) is 5.69 Å². The van der Waals surface area contributed by atoms with E-state index in [0.29, 0.717) is 0 Å². The Bertz CT molecular complexity index is 624. The lowest BCUT2D eigenvalue weighted by molar-refractivity contribution is 0.208. The summed E-state index contributed by atoms with van der Waals surface area (Å²) in [5, 5.41) is 3.47. The Balaban J connectivity index is 1.97. The Labute approximate surface area is 121 Å². The molecule has 0 aliphatic carbocycles. The summed E-state index contributed by atoms with van der Waals surface area (Å²) in [5.74, 6) is 0.970. The summed E-state index contributed by atoms with van der Waals surface area (Å²) >= 11 is 3.59. The van der Waals surface area contributed by atoms with Gasteiger partial charge in [0.15, 0.2) is 0 Å². The molecule has 3 heteroatoms. The first kappa shape index (κ1) is 12.5. The minimum Gasteiger partial charge on any atom is -0.481 e. The lowest BCUT2D eigenvalue weighted by atomic mass is 10.0. The van der Waals surface area contributed by atoms with Crippen LogP contribution in [0.2, 0.25) is 0 Å². The number of hydrogen-bond acceptors (Lipinski definition) is 2. The van der Waals surface area contributed by atoms with E-state index in [9.17, 15) is 0 Å². The zero-order chi connectivity index (χ0) is 13.4. The highest BCUT2D eigenvalue weighted by Crippen LogP contribution is 2.39. The van der Waals surface area contributed by atoms with Gasteiger partial charge in [-0.3, -0.25) is 0 Å². The minimum atomic E-state index is 0.0458. The summed E-state index contributed by atoms with van der Waals surface area (Å²) in [6.45, 7) is 4.99. The van der Waals surface area contributed by atoms with E-state index < -0.39 is 0 Å². The summed E-state index contributed by atoms with van der Waals surface area (Å²) in [7, 11) is 0. The van der Waals surface area contributed by atoms with Crippen molar-refractivity contribution in [1.29, 1.82) is 0 Å². The molecule has 1 atom stereocenters. The third-order valence-corrected chi connectivity index (χ3v) is 4.13. The Morgan fingerprint density at radius 3 is 2.79 bits per heavy atom. The molecule has 0 spiro atoms. The molecule has 0 radical (unpaired) electrons. The van der Waals surface area contributed by atoms with Gasteiger partial charge in [-0.2, -0.15) is 0 Å². The van der Waals surface area contributed by atoms with Crippen LogP contribution < -0.4 is 10.1 Å². The Kier molecular flexibility index (Phi) is 3.23. The molecule has 1 unspecified atom stereocenters. The summed E-state index contributed by atoms with van der Waals surface area (Å²) in [5.41, 5.74) is 4.72. The monoisotopic (exact) mass is 317 g/mol. The smallest absolute Gasteiger partial charge is 0.146 e. The van der Waals surface area contributed by atoms with Gasteiger partial charge in [-0.05, 0) is 37.1 Å². The van der Waals surface area contributed by atoms with Gasteiger partial charge in [0.25, 0.3) is 0 Å². The highest BCUT2D eigenvalue weighted by Gasteiger charge is 2.23. The van der Waals surface area contributed by atoms with Crippen LogP contribution in [-0.4, -0.2) is 6.54 Å². The van der Waals surface area contributed by atoms with Gasteiger partial charge in [-0.15, -0.1) is 0 Å². The zero-order valence-corrected chi connectivity index (χ0v) is 12.6. The molecular weight excluding hydrogens is 302 g/mol. The molecule has 1 heterocycles. The summed E-state index contributed by atoms with van der Waals surface area (Å²) < 4.78 is 7.28. The number of hydrogen-bond donors (Lipinski definition) is 1. The number of halogens is 1. The van der Waals surface area contributed by atoms with E-state index in [-0.39, 0.29) is 6.10 Å². The fourth-order valence-corrected chi connectivity index (χ4v) is 3.08. The Hall–Kier alpha value is -1.48. The van der Waals surface area contributed by atoms with Crippen molar-refractivity contribution in [2.24, 2.45) is 0 Å². The SMILES string of the molecule is Cc1cc(C)c2c(c1)NCC(c1ccccc1Br)O2. The van der Waals surface area contributed by atoms with E-state index in [4.69, 9.17) is 4.74 Å². The van der Waals surface area contributed by atoms with Crippen LogP contribution >= 0.6 is 15.9 Å². The van der Waals surface area contributed by atoms with Crippen LogP contribution in [0.15, 0.2) is 40.9 Å². The lowest BCUT2D eigenvalue weighted by Gasteiger charge is -2.29. The van der Waals surface area contributed by atoms with Crippen LogP contribution in [0.3, 0.4) is 0 Å². The van der Waals surface area contributed by atoms with Gasteiger partial charge in [0, 0.05) is 10.0 Å². The van der Waals surface area contributed by atoms with Gasteiger partial charge in [0.05, 0.1) is 12.2 Å². The van der Waals surface area contributed by atoms with Crippen LogP contribution in [0.1, 0.15) is 22.8 Å². The maximum absolute atomic E-state index is 6.19. The molecule has 1 N–H and O–H groups in total. The number of aryl methyl sites for hydroxylation is 2. The van der Waals surface area contributed by atoms with Crippen molar-refractivity contribution in [3.63, 3.8) is 0 Å². The predicted molar refractivity (Wildman–Crippen MR) is 81.9 cm³/mol. The molecule has 3 rings (SSSR count). The van der Waals surface area contributed by atoms with Crippen LogP contribution in [0, 0.1) is 13.8 Å². The standard InChI is InChI=1S/C16H16BrNO/c1-10-7-11(2)16-14(8-10)18-9-15(19-16)12-5-3-4-6-13(12)17/h3-8,15,18H,9H2,1-2H3. The Morgan fingerprint density at radius 1 is 1.21 bits per heavy atom. The quantitative estimate of drug-likeness (QED) is 0.829. The normalized spacial score (nSPS) is 17.3. The first-order valence-electron chi connectivity index (χ1n) is 6.41. The van der Waals surface area contributed by atoms with Crippen molar-refractivity contribution in [1.82, 2.24) is 0 Å². The van der Waals surface area contributed by atoms with E-state index in [1.807, 2.05) is 12.1 Å². The van der Waals surface area contributed by atoms with E-state index >= 15 is 0 Å². The molecule has 0 bridgehead atoms. The van der Waals surface area contributed by atoms with Gasteiger partial charge in [-0.1, -0.05) is 40.2 Å². The molecule has 0 saturated carbocycles. The maximum atomic E-state index is 6.19. The van der Waals surface area contributed by atoms with Gasteiger partial charge in [0.1, 0.15) is 11.9 Å². The number of nitrogens with one attached hydrogen (secondary N) is 1. The van der Waals surface area contributed by atoms with E-state index in [1.165, 1.54) is 16.7 Å². The summed E-state index contributed by atoms with van der Waals surface area (Å²) in [6.07, 6.45) is 0.0458. The number of rotatable bonds is 1. The first-order chi connectivity index (χ1) is 9.15. The van der Waals surface area contributed by atoms with Gasteiger partial charge in [0.2, 0.25) is 0 Å². The van der Waals surface area contributed by atoms with Crippen LogP contribution in [-0.2, 0) is 0 Å². The largest absolute Gasteiger partial charge is 0.481 e. The molecule has 0 saturated heterocycles. The van der Waals surface area contributed by atoms with Gasteiger partial charge >= 0.3 is 0 Å². The number of benzene rings is 2. The van der Waals surface area contributed by atoms with Gasteiger partial charge < -0.3 is 10.1 Å². The molecule has 0 fully saturated rings. The van der Waals surface area contributed by atoms with Crippen molar-refractivity contribution in [2.75, 3.05) is 11.9 Å². The molecule has 2 aromatic rings. The highest BCUT2D eigenvalue weighted by atomic mass is 79.9. The molecule has 0 amide bonds. The predicted octanol–water partition coefficient (Wildman–Crippen LogP) is 4.61. The molecule has 1 aliphatic rings. The first-order valence-corrected chi connectivity index (χ1v) is 7.20. The second-order valence-corrected chi connectivity index (χ2v) is 5.82. The number of ether oxygens (including phenoxy) is 1. The Morgan fingerprint density at radius 2 is 2.00 bits per heavy atom. The third-order valence-electron chi connectivity index (χ3n) is 3.41. The maximum Gasteiger partial charge on any atom is 0.146 e. The number of anilines is 1. The van der Waals surface area contributed by atoms with Crippen molar-refractivity contribution < 1.29 is 4.74 Å². The zero-order valence-electron chi connectivity index (χ0n) is 11.0. The molecule has 0 aromatic heterocycles. The number of fused-ring (bicyclic) bond motifs is 1. The lowest BCUT2D eigenvalue weighted by Crippen LogP contribution is -2.24. The van der Waals surface area contributed by atoms with Crippen molar-refractivity contribution in [3.05, 3.63) is 57.6 Å². The van der Waals surface area contributed by atoms with Gasteiger partial charge in [-0.25, -0.2) is 0 Å². The van der Waals surface area contributed by atoms with Crippen LogP contribution in [0.25, 0.3) is 0 Å². The molecule has 2 nitrogen and oxygen atoms in total. The second-order valence-electron chi connectivity index (χ2n) is 4.97. The molecular formula is C16H16BrNO. The average Bonchev–Trinajstić information content (AvgIpc) is 2.39. The van der Waals surface area contributed by atoms with Crippen molar-refractivity contribution >= 4 is 21.6 Å². The molecule has 2 aromatic carbocycles. The molecule has 19 heavy (non-hydrogen) atoms. The second kappa shape index (κ2) is 4.89. The highest BCUT2D eigenvalue weighted by molar-refractivity contribution is 9.10. The molecule has 98 valence electrons. The fourth-order valence-electron chi connectivity index (χ4n) is 2.54. The minimum absolute atomic E-state index is 0.0458. The van der Waals surface area contributed by atoms with E-state index in [0.717, 1.165) is 22.5 Å². The van der Waals surface area contributed by atoms with E-state index in [2.05, 4.69) is 59.4 Å². The van der Waals surface area contributed by atoms with E-state index in [1.54, 1.807) is 0 Å². The van der Waals surface area contributed by atoms with Crippen LogP contribution in [0.5, 0.6) is 5.75 Å². The third kappa shape index (κ3) is 2.35.